The molecule has 1 aliphatic carbocycles. The van der Waals surface area contributed by atoms with Gasteiger partial charge in [-0.3, -0.25) is 9.59 Å². The van der Waals surface area contributed by atoms with E-state index in [9.17, 15) is 9.59 Å². The summed E-state index contributed by atoms with van der Waals surface area (Å²) < 4.78 is 0. The van der Waals surface area contributed by atoms with Gasteiger partial charge >= 0.3 is 0 Å². The highest BCUT2D eigenvalue weighted by atomic mass is 16.1. The highest BCUT2D eigenvalue weighted by Crippen LogP contribution is 2.36. The molecule has 1 aliphatic heterocycles. The highest BCUT2D eigenvalue weighted by molar-refractivity contribution is 6.00. The largest absolute Gasteiger partial charge is 0.371 e. The Morgan fingerprint density at radius 1 is 1.23 bits per heavy atom. The zero-order valence-electron chi connectivity index (χ0n) is 15.0. The first-order chi connectivity index (χ1) is 12.6. The van der Waals surface area contributed by atoms with E-state index in [2.05, 4.69) is 20.2 Å². The first-order valence-electron chi connectivity index (χ1n) is 9.33. The van der Waals surface area contributed by atoms with Gasteiger partial charge in [0.05, 0.1) is 11.3 Å². The first-order valence-corrected chi connectivity index (χ1v) is 9.33. The molecule has 1 aromatic heterocycles. The van der Waals surface area contributed by atoms with Crippen molar-refractivity contribution in [2.45, 2.75) is 44.6 Å². The Kier molecular flexibility index (Phi) is 4.49. The van der Waals surface area contributed by atoms with Gasteiger partial charge in [-0.1, -0.05) is 12.1 Å². The molecule has 0 bridgehead atoms. The van der Waals surface area contributed by atoms with Gasteiger partial charge in [0, 0.05) is 36.8 Å². The number of nitrogens with zero attached hydrogens (tertiary/aromatic N) is 2. The van der Waals surface area contributed by atoms with Crippen molar-refractivity contribution in [3.63, 3.8) is 0 Å². The fourth-order valence-electron chi connectivity index (χ4n) is 3.95. The van der Waals surface area contributed by atoms with Crippen molar-refractivity contribution in [2.75, 3.05) is 18.0 Å². The number of hydrogen-bond acceptors (Lipinski definition) is 4. The molecule has 1 saturated carbocycles. The average Bonchev–Trinajstić information content (AvgIpc) is 3.11. The molecule has 1 amide bonds. The number of anilines is 1. The van der Waals surface area contributed by atoms with Crippen molar-refractivity contribution in [2.24, 2.45) is 0 Å². The van der Waals surface area contributed by atoms with Gasteiger partial charge in [0.2, 0.25) is 0 Å². The summed E-state index contributed by atoms with van der Waals surface area (Å²) in [4.78, 5) is 33.7. The lowest BCUT2D eigenvalue weighted by Gasteiger charge is -2.35. The predicted molar refractivity (Wildman–Crippen MR) is 101 cm³/mol. The van der Waals surface area contributed by atoms with E-state index in [1.54, 1.807) is 13.0 Å². The van der Waals surface area contributed by atoms with Crippen LogP contribution in [-0.4, -0.2) is 35.0 Å². The molecule has 1 saturated heterocycles. The molecule has 2 aliphatic rings. The van der Waals surface area contributed by atoms with Gasteiger partial charge in [-0.15, -0.1) is 0 Å². The van der Waals surface area contributed by atoms with Crippen LogP contribution < -0.4 is 15.8 Å². The zero-order valence-corrected chi connectivity index (χ0v) is 15.0. The van der Waals surface area contributed by atoms with Crippen molar-refractivity contribution >= 4 is 11.6 Å². The molecule has 2 aromatic rings. The number of aryl methyl sites for hydroxylation is 1. The van der Waals surface area contributed by atoms with Gasteiger partial charge < -0.3 is 15.2 Å². The number of aromatic amines is 1. The van der Waals surface area contributed by atoms with Crippen LogP contribution in [-0.2, 0) is 0 Å². The Morgan fingerprint density at radius 3 is 2.69 bits per heavy atom. The summed E-state index contributed by atoms with van der Waals surface area (Å²) in [6.45, 7) is 3.82. The fraction of sp³-hybridized carbons (Fsp3) is 0.450. The van der Waals surface area contributed by atoms with Gasteiger partial charge in [0.15, 0.2) is 0 Å². The topological polar surface area (TPSA) is 78.1 Å². The average molecular weight is 352 g/mol. The number of aromatic nitrogens is 2. The number of para-hydroxylation sites is 1. The highest BCUT2D eigenvalue weighted by Gasteiger charge is 2.33. The van der Waals surface area contributed by atoms with Crippen molar-refractivity contribution in [1.82, 2.24) is 15.3 Å². The Hall–Kier alpha value is -2.63. The smallest absolute Gasteiger partial charge is 0.253 e. The Morgan fingerprint density at radius 2 is 1.96 bits per heavy atom. The molecule has 26 heavy (non-hydrogen) atoms. The van der Waals surface area contributed by atoms with Gasteiger partial charge in [-0.05, 0) is 44.7 Å². The molecule has 0 atom stereocenters. The summed E-state index contributed by atoms with van der Waals surface area (Å²) in [6.07, 6.45) is 4.02. The number of nitrogens with one attached hydrogen (secondary N) is 2. The third-order valence-electron chi connectivity index (χ3n) is 5.37. The van der Waals surface area contributed by atoms with Crippen LogP contribution in [0.25, 0.3) is 0 Å². The molecule has 136 valence electrons. The molecule has 4 rings (SSSR count). The Balaban J connectivity index is 1.40. The van der Waals surface area contributed by atoms with E-state index in [-0.39, 0.29) is 23.4 Å². The molecule has 2 fully saturated rings. The standard InChI is InChI=1S/C20H24N4O2/c1-13-21-17(12-19(25)22-13)14-10-15(11-14)23-20(26)16-6-2-3-7-18(16)24-8-4-5-9-24/h2-3,6-7,12,14-15H,4-5,8-11H2,1H3,(H,23,26)(H,21,22,25). The lowest BCUT2D eigenvalue weighted by atomic mass is 9.78. The Bertz CT molecular complexity index is 864. The molecular weight excluding hydrogens is 328 g/mol. The summed E-state index contributed by atoms with van der Waals surface area (Å²) in [7, 11) is 0. The molecule has 6 heteroatoms. The molecular formula is C20H24N4O2. The minimum Gasteiger partial charge on any atom is -0.371 e. The maximum atomic E-state index is 12.8. The second-order valence-corrected chi connectivity index (χ2v) is 7.31. The lowest BCUT2D eigenvalue weighted by Crippen LogP contribution is -2.44. The molecule has 6 nitrogen and oxygen atoms in total. The maximum absolute atomic E-state index is 12.8. The molecule has 0 radical (unpaired) electrons. The molecule has 2 heterocycles. The van der Waals surface area contributed by atoms with E-state index in [4.69, 9.17) is 0 Å². The van der Waals surface area contributed by atoms with Crippen LogP contribution in [0.3, 0.4) is 0 Å². The number of benzene rings is 1. The van der Waals surface area contributed by atoms with E-state index in [0.717, 1.165) is 42.9 Å². The lowest BCUT2D eigenvalue weighted by molar-refractivity contribution is 0.0908. The van der Waals surface area contributed by atoms with E-state index in [1.165, 1.54) is 12.8 Å². The molecule has 2 N–H and O–H groups in total. The molecule has 1 aromatic carbocycles. The van der Waals surface area contributed by atoms with E-state index in [1.807, 2.05) is 24.3 Å². The maximum Gasteiger partial charge on any atom is 0.253 e. The van der Waals surface area contributed by atoms with Crippen LogP contribution in [0.15, 0.2) is 35.1 Å². The predicted octanol–water partition coefficient (Wildman–Crippen LogP) is 2.35. The second kappa shape index (κ2) is 6.94. The van der Waals surface area contributed by atoms with Crippen molar-refractivity contribution < 1.29 is 4.79 Å². The van der Waals surface area contributed by atoms with E-state index >= 15 is 0 Å². The number of amides is 1. The SMILES string of the molecule is Cc1nc(C2CC(NC(=O)c3ccccc3N3CCCC3)C2)cc(=O)[nH]1. The third-order valence-corrected chi connectivity index (χ3v) is 5.37. The van der Waals surface area contributed by atoms with Crippen LogP contribution in [0.5, 0.6) is 0 Å². The van der Waals surface area contributed by atoms with Gasteiger partial charge in [0.1, 0.15) is 5.82 Å². The summed E-state index contributed by atoms with van der Waals surface area (Å²) in [5, 5.41) is 3.15. The fourth-order valence-corrected chi connectivity index (χ4v) is 3.95. The number of rotatable bonds is 4. The summed E-state index contributed by atoms with van der Waals surface area (Å²) in [5.41, 5.74) is 2.50. The van der Waals surface area contributed by atoms with Crippen LogP contribution in [0.1, 0.15) is 53.5 Å². The van der Waals surface area contributed by atoms with E-state index < -0.39 is 0 Å². The first kappa shape index (κ1) is 16.8. The number of carbonyl (C=O) groups excluding carboxylic acids is 1. The normalized spacial score (nSPS) is 22.1. The summed E-state index contributed by atoms with van der Waals surface area (Å²) >= 11 is 0. The minimum absolute atomic E-state index is 0.00833. The quantitative estimate of drug-likeness (QED) is 0.885. The van der Waals surface area contributed by atoms with Gasteiger partial charge in [-0.2, -0.15) is 0 Å². The van der Waals surface area contributed by atoms with Crippen molar-refractivity contribution in [3.05, 3.63) is 57.8 Å². The van der Waals surface area contributed by atoms with E-state index in [0.29, 0.717) is 5.82 Å². The minimum atomic E-state index is -0.112. The number of hydrogen-bond donors (Lipinski definition) is 2. The monoisotopic (exact) mass is 352 g/mol. The number of carbonyl (C=O) groups is 1. The second-order valence-electron chi connectivity index (χ2n) is 7.31. The van der Waals surface area contributed by atoms with Crippen molar-refractivity contribution in [3.8, 4) is 0 Å². The van der Waals surface area contributed by atoms with Gasteiger partial charge in [-0.25, -0.2) is 4.98 Å². The molecule has 0 unspecified atom stereocenters. The molecule has 0 spiro atoms. The Labute approximate surface area is 152 Å². The van der Waals surface area contributed by atoms with Gasteiger partial charge in [0.25, 0.3) is 11.5 Å². The third kappa shape index (κ3) is 3.36. The van der Waals surface area contributed by atoms with Crippen LogP contribution >= 0.6 is 0 Å². The van der Waals surface area contributed by atoms with Crippen LogP contribution in [0.4, 0.5) is 5.69 Å². The van der Waals surface area contributed by atoms with Crippen LogP contribution in [0, 0.1) is 6.92 Å². The van der Waals surface area contributed by atoms with Crippen LogP contribution in [0.2, 0.25) is 0 Å². The number of H-pyrrole nitrogens is 1. The zero-order chi connectivity index (χ0) is 18.1. The van der Waals surface area contributed by atoms with Crippen molar-refractivity contribution in [1.29, 1.82) is 0 Å². The summed E-state index contributed by atoms with van der Waals surface area (Å²) in [5.74, 6) is 0.876. The summed E-state index contributed by atoms with van der Waals surface area (Å²) in [6, 6.07) is 9.55.